The fraction of sp³-hybridized carbons (Fsp3) is 0.708. The van der Waals surface area contributed by atoms with Crippen LogP contribution in [0.5, 0.6) is 0 Å². The smallest absolute Gasteiger partial charge is 0.279 e. The molecule has 1 amide bonds. The molecule has 1 aliphatic heterocycles. The Labute approximate surface area is 192 Å². The zero-order valence-corrected chi connectivity index (χ0v) is 20.1. The summed E-state index contributed by atoms with van der Waals surface area (Å²) in [5, 5.41) is 0. The molecule has 3 aliphatic rings. The first kappa shape index (κ1) is 23.7. The van der Waals surface area contributed by atoms with Gasteiger partial charge < -0.3 is 9.64 Å². The Bertz CT molecular complexity index is 864. The molecular formula is C24H37N3O4S. The summed E-state index contributed by atoms with van der Waals surface area (Å²) in [6, 6.07) is 10.1. The average Bonchev–Trinajstić information content (AvgIpc) is 3.64. The molecule has 2 saturated carbocycles. The first-order valence-corrected chi connectivity index (χ1v) is 13.5. The van der Waals surface area contributed by atoms with Crippen LogP contribution in [0.15, 0.2) is 30.3 Å². The predicted octanol–water partition coefficient (Wildman–Crippen LogP) is 2.90. The number of ether oxygens (including phenoxy) is 1. The third-order valence-electron chi connectivity index (χ3n) is 7.22. The van der Waals surface area contributed by atoms with Gasteiger partial charge in [0, 0.05) is 32.6 Å². The molecule has 0 radical (unpaired) electrons. The van der Waals surface area contributed by atoms with Crippen molar-refractivity contribution in [2.45, 2.75) is 75.5 Å². The predicted molar refractivity (Wildman–Crippen MR) is 124 cm³/mol. The lowest BCUT2D eigenvalue weighted by molar-refractivity contribution is -0.140. The standard InChI is InChI=1S/C24H37N3O4S/c1-26(2)32(29,30)25-22-9-6-16-27(24(28)20-10-11-20)23(22)17-31-21-14-12-19(13-15-21)18-7-4-3-5-8-18/h3-5,7-8,19-23,25H,6,9-17H2,1-2H3/t19?,21?,22-,23-/m0/s1. The van der Waals surface area contributed by atoms with E-state index in [4.69, 9.17) is 4.74 Å². The lowest BCUT2D eigenvalue weighted by atomic mass is 9.83. The average molecular weight is 464 g/mol. The zero-order chi connectivity index (χ0) is 22.7. The normalized spacial score (nSPS) is 29.3. The number of piperidine rings is 1. The summed E-state index contributed by atoms with van der Waals surface area (Å²) in [6.45, 7) is 1.07. The number of nitrogens with zero attached hydrogens (tertiary/aromatic N) is 2. The molecule has 1 aromatic rings. The molecule has 0 aromatic heterocycles. The van der Waals surface area contributed by atoms with Gasteiger partial charge in [-0.15, -0.1) is 0 Å². The van der Waals surface area contributed by atoms with Gasteiger partial charge in [-0.1, -0.05) is 30.3 Å². The van der Waals surface area contributed by atoms with Crippen LogP contribution in [-0.4, -0.2) is 69.0 Å². The minimum atomic E-state index is -3.58. The number of likely N-dealkylation sites (tertiary alicyclic amines) is 1. The molecule has 4 rings (SSSR count). The van der Waals surface area contributed by atoms with E-state index < -0.39 is 10.2 Å². The van der Waals surface area contributed by atoms with Crippen molar-refractivity contribution in [2.75, 3.05) is 27.2 Å². The van der Waals surface area contributed by atoms with Crippen molar-refractivity contribution in [3.8, 4) is 0 Å². The second kappa shape index (κ2) is 10.2. The molecule has 8 heteroatoms. The summed E-state index contributed by atoms with van der Waals surface area (Å²) in [5.41, 5.74) is 1.40. The van der Waals surface area contributed by atoms with Gasteiger partial charge in [0.25, 0.3) is 10.2 Å². The Morgan fingerprint density at radius 1 is 1.06 bits per heavy atom. The minimum Gasteiger partial charge on any atom is -0.376 e. The van der Waals surface area contributed by atoms with Gasteiger partial charge in [-0.2, -0.15) is 17.4 Å². The maximum absolute atomic E-state index is 12.9. The summed E-state index contributed by atoms with van der Waals surface area (Å²) in [5.74, 6) is 0.862. The molecular weight excluding hydrogens is 426 g/mol. The van der Waals surface area contributed by atoms with Crippen LogP contribution in [-0.2, 0) is 19.7 Å². The molecule has 0 spiro atoms. The molecule has 32 heavy (non-hydrogen) atoms. The van der Waals surface area contributed by atoms with Gasteiger partial charge in [-0.3, -0.25) is 4.79 Å². The number of hydrogen-bond donors (Lipinski definition) is 1. The highest BCUT2D eigenvalue weighted by atomic mass is 32.2. The van der Waals surface area contributed by atoms with E-state index in [2.05, 4.69) is 35.1 Å². The molecule has 1 saturated heterocycles. The lowest BCUT2D eigenvalue weighted by Gasteiger charge is -2.42. The topological polar surface area (TPSA) is 79.0 Å². The van der Waals surface area contributed by atoms with Gasteiger partial charge in [-0.25, -0.2) is 0 Å². The lowest BCUT2D eigenvalue weighted by Crippen LogP contribution is -2.60. The molecule has 1 aromatic carbocycles. The largest absolute Gasteiger partial charge is 0.376 e. The number of carbonyl (C=O) groups excluding carboxylic acids is 1. The molecule has 2 aliphatic carbocycles. The van der Waals surface area contributed by atoms with Crippen molar-refractivity contribution in [1.82, 2.24) is 13.9 Å². The number of amides is 1. The zero-order valence-electron chi connectivity index (χ0n) is 19.3. The molecule has 2 atom stereocenters. The second-order valence-electron chi connectivity index (χ2n) is 9.74. The third kappa shape index (κ3) is 5.71. The van der Waals surface area contributed by atoms with E-state index in [0.717, 1.165) is 51.4 Å². The Morgan fingerprint density at radius 3 is 2.38 bits per heavy atom. The number of hydrogen-bond acceptors (Lipinski definition) is 4. The Balaban J connectivity index is 1.38. The van der Waals surface area contributed by atoms with Gasteiger partial charge >= 0.3 is 0 Å². The molecule has 7 nitrogen and oxygen atoms in total. The Hall–Kier alpha value is -1.48. The first-order valence-electron chi connectivity index (χ1n) is 12.0. The van der Waals surface area contributed by atoms with E-state index in [-0.39, 0.29) is 30.0 Å². The van der Waals surface area contributed by atoms with E-state index in [1.165, 1.54) is 24.0 Å². The van der Waals surface area contributed by atoms with Gasteiger partial charge in [0.2, 0.25) is 5.91 Å². The number of nitrogens with one attached hydrogen (secondary N) is 1. The van der Waals surface area contributed by atoms with Crippen LogP contribution in [0.2, 0.25) is 0 Å². The van der Waals surface area contributed by atoms with Crippen molar-refractivity contribution in [3.05, 3.63) is 35.9 Å². The SMILES string of the molecule is CN(C)S(=O)(=O)N[C@H]1CCCN(C(=O)C2CC2)[C@H]1COC1CCC(c2ccccc2)CC1. The number of benzene rings is 1. The summed E-state index contributed by atoms with van der Waals surface area (Å²) >= 11 is 0. The number of carbonyl (C=O) groups is 1. The Morgan fingerprint density at radius 2 is 1.75 bits per heavy atom. The molecule has 178 valence electrons. The second-order valence-corrected chi connectivity index (χ2v) is 11.7. The van der Waals surface area contributed by atoms with Crippen molar-refractivity contribution in [2.24, 2.45) is 5.92 Å². The fourth-order valence-electron chi connectivity index (χ4n) is 5.06. The van der Waals surface area contributed by atoms with Crippen LogP contribution >= 0.6 is 0 Å². The maximum atomic E-state index is 12.9. The van der Waals surface area contributed by atoms with Crippen LogP contribution in [0, 0.1) is 5.92 Å². The molecule has 1 N–H and O–H groups in total. The van der Waals surface area contributed by atoms with E-state index >= 15 is 0 Å². The van der Waals surface area contributed by atoms with E-state index in [1.54, 1.807) is 0 Å². The van der Waals surface area contributed by atoms with Gasteiger partial charge in [-0.05, 0) is 62.8 Å². The van der Waals surface area contributed by atoms with Crippen LogP contribution < -0.4 is 4.72 Å². The van der Waals surface area contributed by atoms with Crippen LogP contribution in [0.4, 0.5) is 0 Å². The molecule has 3 fully saturated rings. The van der Waals surface area contributed by atoms with E-state index in [9.17, 15) is 13.2 Å². The molecule has 0 unspecified atom stereocenters. The summed E-state index contributed by atoms with van der Waals surface area (Å²) in [7, 11) is -0.530. The van der Waals surface area contributed by atoms with Crippen molar-refractivity contribution < 1.29 is 17.9 Å². The minimum absolute atomic E-state index is 0.114. The van der Waals surface area contributed by atoms with Gasteiger partial charge in [0.1, 0.15) is 0 Å². The third-order valence-corrected chi connectivity index (χ3v) is 8.78. The summed E-state index contributed by atoms with van der Waals surface area (Å²) in [4.78, 5) is 14.9. The van der Waals surface area contributed by atoms with Crippen LogP contribution in [0.3, 0.4) is 0 Å². The van der Waals surface area contributed by atoms with E-state index in [1.807, 2.05) is 4.90 Å². The quantitative estimate of drug-likeness (QED) is 0.643. The van der Waals surface area contributed by atoms with E-state index in [0.29, 0.717) is 19.1 Å². The number of rotatable bonds is 8. The van der Waals surface area contributed by atoms with Gasteiger partial charge in [0.05, 0.1) is 18.8 Å². The summed E-state index contributed by atoms with van der Waals surface area (Å²) < 4.78 is 35.4. The maximum Gasteiger partial charge on any atom is 0.279 e. The van der Waals surface area contributed by atoms with Crippen LogP contribution in [0.1, 0.15) is 62.8 Å². The first-order chi connectivity index (χ1) is 15.3. The highest BCUT2D eigenvalue weighted by Gasteiger charge is 2.42. The fourth-order valence-corrected chi connectivity index (χ4v) is 5.93. The highest BCUT2D eigenvalue weighted by Crippen LogP contribution is 2.36. The van der Waals surface area contributed by atoms with Crippen LogP contribution in [0.25, 0.3) is 0 Å². The molecule has 0 bridgehead atoms. The van der Waals surface area contributed by atoms with Crippen molar-refractivity contribution >= 4 is 16.1 Å². The van der Waals surface area contributed by atoms with Crippen molar-refractivity contribution in [1.29, 1.82) is 0 Å². The van der Waals surface area contributed by atoms with Crippen molar-refractivity contribution in [3.63, 3.8) is 0 Å². The summed E-state index contributed by atoms with van der Waals surface area (Å²) in [6.07, 6.45) is 7.77. The monoisotopic (exact) mass is 463 g/mol. The molecule has 1 heterocycles. The Kier molecular flexibility index (Phi) is 7.54. The van der Waals surface area contributed by atoms with Gasteiger partial charge in [0.15, 0.2) is 0 Å². The highest BCUT2D eigenvalue weighted by molar-refractivity contribution is 7.87.